The van der Waals surface area contributed by atoms with Gasteiger partial charge in [-0.25, -0.2) is 0 Å². The maximum atomic E-state index is 10.1. The van der Waals surface area contributed by atoms with Crippen molar-refractivity contribution in [2.24, 2.45) is 0 Å². The van der Waals surface area contributed by atoms with Gasteiger partial charge in [0, 0.05) is 13.7 Å². The van der Waals surface area contributed by atoms with Gasteiger partial charge in [-0.1, -0.05) is 0 Å². The van der Waals surface area contributed by atoms with Crippen molar-refractivity contribution in [3.8, 4) is 0 Å². The lowest BCUT2D eigenvalue weighted by molar-refractivity contribution is -0.126. The molecular formula is C6H11NO2. The molecule has 1 amide bonds. The van der Waals surface area contributed by atoms with Crippen LogP contribution in [0.4, 0.5) is 0 Å². The van der Waals surface area contributed by atoms with E-state index in [4.69, 9.17) is 4.74 Å². The number of likely N-dealkylation sites (tertiary alicyclic amines) is 1. The topological polar surface area (TPSA) is 29.5 Å². The molecule has 0 spiro atoms. The minimum absolute atomic E-state index is 0.354. The molecule has 0 N–H and O–H groups in total. The van der Waals surface area contributed by atoms with Crippen molar-refractivity contribution in [1.29, 1.82) is 0 Å². The van der Waals surface area contributed by atoms with Gasteiger partial charge in [0.1, 0.15) is 0 Å². The number of ether oxygens (including phenoxy) is 1. The quantitative estimate of drug-likeness (QED) is 0.496. The first-order chi connectivity index (χ1) is 4.38. The lowest BCUT2D eigenvalue weighted by atomic mass is 10.1. The summed E-state index contributed by atoms with van der Waals surface area (Å²) in [7, 11) is 1.65. The Bertz CT molecular complexity index is 105. The standard InChI is InChI=1S/C6H11NO2/c1-9-4-6-2-3-7(6)5-8/h5-6H,2-4H2,1H3/t6-/m1/s1. The lowest BCUT2D eigenvalue weighted by Crippen LogP contribution is -2.48. The van der Waals surface area contributed by atoms with Crippen LogP contribution < -0.4 is 0 Å². The van der Waals surface area contributed by atoms with Crippen molar-refractivity contribution in [3.05, 3.63) is 0 Å². The Morgan fingerprint density at radius 3 is 3.00 bits per heavy atom. The summed E-state index contributed by atoms with van der Waals surface area (Å²) in [6, 6.07) is 0.354. The molecule has 1 fully saturated rings. The summed E-state index contributed by atoms with van der Waals surface area (Å²) in [4.78, 5) is 11.9. The number of carbonyl (C=O) groups is 1. The SMILES string of the molecule is COC[C@H]1CCN1C=O. The van der Waals surface area contributed by atoms with Gasteiger partial charge < -0.3 is 9.64 Å². The summed E-state index contributed by atoms with van der Waals surface area (Å²) >= 11 is 0. The Balaban J connectivity index is 2.18. The Hall–Kier alpha value is -0.570. The third kappa shape index (κ3) is 1.21. The Labute approximate surface area is 54.6 Å². The molecule has 52 valence electrons. The zero-order valence-corrected chi connectivity index (χ0v) is 5.54. The fraction of sp³-hybridized carbons (Fsp3) is 0.833. The number of nitrogens with zero attached hydrogens (tertiary/aromatic N) is 1. The highest BCUT2D eigenvalue weighted by Crippen LogP contribution is 2.13. The first kappa shape index (κ1) is 6.55. The predicted molar refractivity (Wildman–Crippen MR) is 33.1 cm³/mol. The van der Waals surface area contributed by atoms with Crippen molar-refractivity contribution in [2.45, 2.75) is 12.5 Å². The highest BCUT2D eigenvalue weighted by atomic mass is 16.5. The van der Waals surface area contributed by atoms with Crippen molar-refractivity contribution in [3.63, 3.8) is 0 Å². The highest BCUT2D eigenvalue weighted by Gasteiger charge is 2.25. The first-order valence-corrected chi connectivity index (χ1v) is 3.08. The molecule has 1 rings (SSSR count). The van der Waals surface area contributed by atoms with Gasteiger partial charge >= 0.3 is 0 Å². The average Bonchev–Trinajstić information content (AvgIpc) is 1.82. The van der Waals surface area contributed by atoms with E-state index < -0.39 is 0 Å². The van der Waals surface area contributed by atoms with E-state index in [1.165, 1.54) is 0 Å². The molecule has 0 aliphatic carbocycles. The van der Waals surface area contributed by atoms with E-state index in [9.17, 15) is 4.79 Å². The third-order valence-corrected chi connectivity index (χ3v) is 1.68. The molecule has 3 nitrogen and oxygen atoms in total. The lowest BCUT2D eigenvalue weighted by Gasteiger charge is -2.37. The van der Waals surface area contributed by atoms with Gasteiger partial charge in [-0.3, -0.25) is 4.79 Å². The van der Waals surface area contributed by atoms with Gasteiger partial charge in [-0.05, 0) is 6.42 Å². The number of hydrogen-bond donors (Lipinski definition) is 0. The molecular weight excluding hydrogens is 118 g/mol. The molecule has 1 aliphatic heterocycles. The van der Waals surface area contributed by atoms with E-state index in [-0.39, 0.29) is 0 Å². The number of amides is 1. The summed E-state index contributed by atoms with van der Waals surface area (Å²) in [6.45, 7) is 1.58. The van der Waals surface area contributed by atoms with Gasteiger partial charge in [0.2, 0.25) is 6.41 Å². The van der Waals surface area contributed by atoms with E-state index in [1.54, 1.807) is 12.0 Å². The third-order valence-electron chi connectivity index (χ3n) is 1.68. The van der Waals surface area contributed by atoms with Gasteiger partial charge in [0.15, 0.2) is 0 Å². The van der Waals surface area contributed by atoms with Gasteiger partial charge in [-0.2, -0.15) is 0 Å². The Kier molecular flexibility index (Phi) is 2.05. The summed E-state index contributed by atoms with van der Waals surface area (Å²) in [5, 5.41) is 0. The van der Waals surface area contributed by atoms with Crippen molar-refractivity contribution < 1.29 is 9.53 Å². The largest absolute Gasteiger partial charge is 0.383 e. The van der Waals surface area contributed by atoms with Gasteiger partial charge in [-0.15, -0.1) is 0 Å². The van der Waals surface area contributed by atoms with Crippen LogP contribution in [0.5, 0.6) is 0 Å². The fourth-order valence-corrected chi connectivity index (χ4v) is 0.971. The second kappa shape index (κ2) is 2.82. The van der Waals surface area contributed by atoms with E-state index in [1.807, 2.05) is 0 Å². The Morgan fingerprint density at radius 2 is 2.67 bits per heavy atom. The maximum absolute atomic E-state index is 10.1. The number of carbonyl (C=O) groups excluding carboxylic acids is 1. The molecule has 1 heterocycles. The fourth-order valence-electron chi connectivity index (χ4n) is 0.971. The van der Waals surface area contributed by atoms with Crippen LogP contribution in [0.1, 0.15) is 6.42 Å². The van der Waals surface area contributed by atoms with Crippen molar-refractivity contribution >= 4 is 6.41 Å². The van der Waals surface area contributed by atoms with Gasteiger partial charge in [0.25, 0.3) is 0 Å². The molecule has 0 unspecified atom stereocenters. The average molecular weight is 129 g/mol. The maximum Gasteiger partial charge on any atom is 0.210 e. The minimum atomic E-state index is 0.354. The van der Waals surface area contributed by atoms with E-state index >= 15 is 0 Å². The van der Waals surface area contributed by atoms with E-state index in [0.717, 1.165) is 19.4 Å². The Morgan fingerprint density at radius 1 is 1.89 bits per heavy atom. The van der Waals surface area contributed by atoms with Crippen LogP contribution in [-0.2, 0) is 9.53 Å². The van der Waals surface area contributed by atoms with Crippen LogP contribution in [0.25, 0.3) is 0 Å². The van der Waals surface area contributed by atoms with Crippen LogP contribution in [0.3, 0.4) is 0 Å². The van der Waals surface area contributed by atoms with Crippen LogP contribution in [0.2, 0.25) is 0 Å². The molecule has 0 bridgehead atoms. The molecule has 1 aliphatic rings. The summed E-state index contributed by atoms with van der Waals surface area (Å²) in [5.74, 6) is 0. The first-order valence-electron chi connectivity index (χ1n) is 3.08. The zero-order valence-electron chi connectivity index (χ0n) is 5.54. The predicted octanol–water partition coefficient (Wildman–Crippen LogP) is -0.136. The van der Waals surface area contributed by atoms with Crippen LogP contribution >= 0.6 is 0 Å². The van der Waals surface area contributed by atoms with Crippen LogP contribution in [-0.4, -0.2) is 37.6 Å². The summed E-state index contributed by atoms with van der Waals surface area (Å²) in [5.41, 5.74) is 0. The van der Waals surface area contributed by atoms with Crippen LogP contribution in [0.15, 0.2) is 0 Å². The monoisotopic (exact) mass is 129 g/mol. The van der Waals surface area contributed by atoms with E-state index in [0.29, 0.717) is 12.6 Å². The molecule has 1 saturated heterocycles. The second-order valence-electron chi connectivity index (χ2n) is 2.24. The molecule has 3 heteroatoms. The van der Waals surface area contributed by atoms with Crippen molar-refractivity contribution in [2.75, 3.05) is 20.3 Å². The highest BCUT2D eigenvalue weighted by molar-refractivity contribution is 5.49. The number of methoxy groups -OCH3 is 1. The van der Waals surface area contributed by atoms with Crippen molar-refractivity contribution in [1.82, 2.24) is 4.90 Å². The molecule has 0 saturated carbocycles. The summed E-state index contributed by atoms with van der Waals surface area (Å²) in [6.07, 6.45) is 1.97. The number of hydrogen-bond acceptors (Lipinski definition) is 2. The normalized spacial score (nSPS) is 25.4. The number of rotatable bonds is 3. The van der Waals surface area contributed by atoms with E-state index in [2.05, 4.69) is 0 Å². The summed E-state index contributed by atoms with van der Waals surface area (Å²) < 4.78 is 4.88. The molecule has 0 aromatic carbocycles. The molecule has 0 radical (unpaired) electrons. The smallest absolute Gasteiger partial charge is 0.210 e. The molecule has 1 atom stereocenters. The van der Waals surface area contributed by atoms with Gasteiger partial charge in [0.05, 0.1) is 12.6 Å². The molecule has 0 aromatic rings. The van der Waals surface area contributed by atoms with Crippen LogP contribution in [0, 0.1) is 0 Å². The zero-order chi connectivity index (χ0) is 6.69. The molecule has 9 heavy (non-hydrogen) atoms. The molecule has 0 aromatic heterocycles. The second-order valence-corrected chi connectivity index (χ2v) is 2.24. The minimum Gasteiger partial charge on any atom is -0.383 e.